The Balaban J connectivity index is 3.91. The van der Waals surface area contributed by atoms with Crippen LogP contribution < -0.4 is 5.73 Å². The lowest BCUT2D eigenvalue weighted by atomic mass is 10.0. The zero-order valence-electron chi connectivity index (χ0n) is 11.0. The van der Waals surface area contributed by atoms with Crippen molar-refractivity contribution in [3.8, 4) is 0 Å². The minimum atomic E-state index is 0.325. The smallest absolute Gasteiger partial charge is 0.0181 e. The molecule has 0 aliphatic carbocycles. The molecule has 2 nitrogen and oxygen atoms in total. The molecule has 0 bridgehead atoms. The second-order valence-electron chi connectivity index (χ2n) is 4.85. The zero-order chi connectivity index (χ0) is 11.8. The van der Waals surface area contributed by atoms with Gasteiger partial charge in [-0.05, 0) is 32.1 Å². The second-order valence-corrected chi connectivity index (χ2v) is 5.76. The minimum absolute atomic E-state index is 0.325. The molecule has 0 aliphatic rings. The van der Waals surface area contributed by atoms with E-state index in [-0.39, 0.29) is 0 Å². The number of hydrogen-bond donors (Lipinski definition) is 1. The zero-order valence-corrected chi connectivity index (χ0v) is 11.8. The maximum absolute atomic E-state index is 6.12. The third-order valence-electron chi connectivity index (χ3n) is 2.75. The lowest BCUT2D eigenvalue weighted by molar-refractivity contribution is 0.231. The predicted octanol–water partition coefficient (Wildman–Crippen LogP) is 2.43. The Kier molecular flexibility index (Phi) is 8.58. The van der Waals surface area contributed by atoms with Crippen molar-refractivity contribution in [1.29, 1.82) is 0 Å². The molecule has 0 radical (unpaired) electrons. The first-order valence-corrected chi connectivity index (χ1v) is 7.35. The molecule has 2 atom stereocenters. The summed E-state index contributed by atoms with van der Waals surface area (Å²) in [4.78, 5) is 2.42. The van der Waals surface area contributed by atoms with E-state index in [0.717, 1.165) is 13.0 Å². The van der Waals surface area contributed by atoms with Gasteiger partial charge in [-0.3, -0.25) is 0 Å². The highest BCUT2D eigenvalue weighted by molar-refractivity contribution is 7.98. The van der Waals surface area contributed by atoms with Crippen molar-refractivity contribution in [1.82, 2.24) is 4.90 Å². The summed E-state index contributed by atoms with van der Waals surface area (Å²) in [7, 11) is 2.20. The van der Waals surface area contributed by atoms with Crippen LogP contribution in [0.4, 0.5) is 0 Å². The Bertz CT molecular complexity index is 151. The van der Waals surface area contributed by atoms with Gasteiger partial charge in [0.1, 0.15) is 0 Å². The number of thioether (sulfide) groups is 1. The summed E-state index contributed by atoms with van der Waals surface area (Å²) in [6.07, 6.45) is 4.51. The summed E-state index contributed by atoms with van der Waals surface area (Å²) < 4.78 is 0. The number of nitrogens with zero attached hydrogens (tertiary/aromatic N) is 1. The number of rotatable bonds is 8. The summed E-state index contributed by atoms with van der Waals surface area (Å²) in [5.41, 5.74) is 6.12. The molecule has 0 aromatic carbocycles. The van der Waals surface area contributed by atoms with Crippen LogP contribution in [0.5, 0.6) is 0 Å². The lowest BCUT2D eigenvalue weighted by Gasteiger charge is -2.29. The standard InChI is InChI=1S/C12H28N2S/c1-6-12(9-15-5)14(4)8-11(13)7-10(2)3/h10-12H,6-9,13H2,1-5H3. The van der Waals surface area contributed by atoms with E-state index in [1.807, 2.05) is 11.8 Å². The average Bonchev–Trinajstić information content (AvgIpc) is 2.12. The molecule has 0 spiro atoms. The van der Waals surface area contributed by atoms with E-state index in [4.69, 9.17) is 5.73 Å². The van der Waals surface area contributed by atoms with Crippen LogP contribution in [0, 0.1) is 5.92 Å². The summed E-state index contributed by atoms with van der Waals surface area (Å²) in [5, 5.41) is 0. The highest BCUT2D eigenvalue weighted by Crippen LogP contribution is 2.10. The van der Waals surface area contributed by atoms with E-state index in [1.54, 1.807) is 0 Å². The van der Waals surface area contributed by atoms with Crippen molar-refractivity contribution in [3.05, 3.63) is 0 Å². The number of nitrogens with two attached hydrogens (primary N) is 1. The molecule has 3 heteroatoms. The van der Waals surface area contributed by atoms with Crippen LogP contribution in [-0.2, 0) is 0 Å². The SMILES string of the molecule is CCC(CSC)N(C)CC(N)CC(C)C. The largest absolute Gasteiger partial charge is 0.327 e. The van der Waals surface area contributed by atoms with Gasteiger partial charge in [0.15, 0.2) is 0 Å². The maximum Gasteiger partial charge on any atom is 0.0181 e. The van der Waals surface area contributed by atoms with E-state index < -0.39 is 0 Å². The van der Waals surface area contributed by atoms with Crippen molar-refractivity contribution in [3.63, 3.8) is 0 Å². The topological polar surface area (TPSA) is 29.3 Å². The summed E-state index contributed by atoms with van der Waals surface area (Å²) >= 11 is 1.92. The van der Waals surface area contributed by atoms with Gasteiger partial charge in [0, 0.05) is 24.4 Å². The fraction of sp³-hybridized carbons (Fsp3) is 1.00. The van der Waals surface area contributed by atoms with Gasteiger partial charge in [0.05, 0.1) is 0 Å². The van der Waals surface area contributed by atoms with Gasteiger partial charge >= 0.3 is 0 Å². The fourth-order valence-electron chi connectivity index (χ4n) is 1.95. The van der Waals surface area contributed by atoms with Gasteiger partial charge in [0.2, 0.25) is 0 Å². The van der Waals surface area contributed by atoms with Gasteiger partial charge in [-0.1, -0.05) is 20.8 Å². The van der Waals surface area contributed by atoms with Crippen LogP contribution in [-0.4, -0.2) is 42.6 Å². The highest BCUT2D eigenvalue weighted by Gasteiger charge is 2.15. The van der Waals surface area contributed by atoms with Gasteiger partial charge in [0.25, 0.3) is 0 Å². The molecule has 0 fully saturated rings. The summed E-state index contributed by atoms with van der Waals surface area (Å²) in [6, 6.07) is 1.00. The third-order valence-corrected chi connectivity index (χ3v) is 3.47. The molecular formula is C12H28N2S. The Morgan fingerprint density at radius 1 is 1.33 bits per heavy atom. The quantitative estimate of drug-likeness (QED) is 0.697. The molecule has 0 aliphatic heterocycles. The first kappa shape index (κ1) is 15.3. The predicted molar refractivity (Wildman–Crippen MR) is 72.5 cm³/mol. The molecule has 0 heterocycles. The van der Waals surface area contributed by atoms with E-state index in [1.165, 1.54) is 12.2 Å². The molecule has 0 rings (SSSR count). The Morgan fingerprint density at radius 3 is 2.33 bits per heavy atom. The van der Waals surface area contributed by atoms with Gasteiger partial charge < -0.3 is 10.6 Å². The fourth-order valence-corrected chi connectivity index (χ4v) is 2.82. The number of likely N-dealkylation sites (N-methyl/N-ethyl adjacent to an activating group) is 1. The van der Waals surface area contributed by atoms with Crippen LogP contribution in [0.15, 0.2) is 0 Å². The summed E-state index contributed by atoms with van der Waals surface area (Å²) in [6.45, 7) is 7.75. The first-order valence-electron chi connectivity index (χ1n) is 5.95. The third kappa shape index (κ3) is 7.20. The maximum atomic E-state index is 6.12. The van der Waals surface area contributed by atoms with E-state index in [0.29, 0.717) is 18.0 Å². The molecule has 92 valence electrons. The first-order chi connectivity index (χ1) is 7.01. The highest BCUT2D eigenvalue weighted by atomic mass is 32.2. The van der Waals surface area contributed by atoms with E-state index in [2.05, 4.69) is 39.0 Å². The minimum Gasteiger partial charge on any atom is -0.327 e. The van der Waals surface area contributed by atoms with E-state index in [9.17, 15) is 0 Å². The Hall–Kier alpha value is 0.270. The van der Waals surface area contributed by atoms with Gasteiger partial charge in [-0.15, -0.1) is 0 Å². The normalized spacial score (nSPS) is 16.0. The lowest BCUT2D eigenvalue weighted by Crippen LogP contribution is -2.42. The molecule has 15 heavy (non-hydrogen) atoms. The molecule has 0 saturated carbocycles. The van der Waals surface area contributed by atoms with Crippen LogP contribution in [0.3, 0.4) is 0 Å². The molecule has 0 aromatic rings. The molecular weight excluding hydrogens is 204 g/mol. The van der Waals surface area contributed by atoms with Crippen LogP contribution in [0.2, 0.25) is 0 Å². The van der Waals surface area contributed by atoms with Crippen molar-refractivity contribution in [2.75, 3.05) is 25.6 Å². The molecule has 0 saturated heterocycles. The monoisotopic (exact) mass is 232 g/mol. The van der Waals surface area contributed by atoms with Crippen LogP contribution >= 0.6 is 11.8 Å². The molecule has 0 aromatic heterocycles. The average molecular weight is 232 g/mol. The van der Waals surface area contributed by atoms with Crippen LogP contribution in [0.25, 0.3) is 0 Å². The second kappa shape index (κ2) is 8.43. The summed E-state index contributed by atoms with van der Waals surface area (Å²) in [5.74, 6) is 1.91. The van der Waals surface area contributed by atoms with Crippen molar-refractivity contribution >= 4 is 11.8 Å². The van der Waals surface area contributed by atoms with Crippen LogP contribution in [0.1, 0.15) is 33.6 Å². The molecule has 2 N–H and O–H groups in total. The van der Waals surface area contributed by atoms with E-state index >= 15 is 0 Å². The molecule has 0 amide bonds. The van der Waals surface area contributed by atoms with Crippen molar-refractivity contribution in [2.45, 2.75) is 45.7 Å². The van der Waals surface area contributed by atoms with Crippen molar-refractivity contribution < 1.29 is 0 Å². The molecule has 2 unspecified atom stereocenters. The van der Waals surface area contributed by atoms with Crippen molar-refractivity contribution in [2.24, 2.45) is 11.7 Å². The Morgan fingerprint density at radius 2 is 1.93 bits per heavy atom. The number of hydrogen-bond acceptors (Lipinski definition) is 3. The van der Waals surface area contributed by atoms with Gasteiger partial charge in [-0.25, -0.2) is 0 Å². The van der Waals surface area contributed by atoms with Gasteiger partial charge in [-0.2, -0.15) is 11.8 Å². The Labute approximate surface area is 100.0 Å².